The summed E-state index contributed by atoms with van der Waals surface area (Å²) in [7, 11) is -4.41. The highest BCUT2D eigenvalue weighted by molar-refractivity contribution is 7.86. The van der Waals surface area contributed by atoms with E-state index in [9.17, 15) is 13.6 Å². The van der Waals surface area contributed by atoms with Crippen LogP contribution in [-0.4, -0.2) is 29.5 Å². The molecule has 0 atom stereocenters. The Kier molecular flexibility index (Phi) is 4.36. The van der Waals surface area contributed by atoms with Crippen molar-refractivity contribution in [1.29, 1.82) is 0 Å². The van der Waals surface area contributed by atoms with Crippen molar-refractivity contribution in [2.24, 2.45) is 5.41 Å². The first-order chi connectivity index (χ1) is 8.83. The molecule has 0 aromatic carbocycles. The quantitative estimate of drug-likeness (QED) is 0.303. The van der Waals surface area contributed by atoms with Gasteiger partial charge >= 0.3 is 0 Å². The minimum atomic E-state index is -4.41. The normalized spacial score (nSPS) is 14.6. The predicted molar refractivity (Wildman–Crippen MR) is 75.5 cm³/mol. The average molecular weight is 303 g/mol. The van der Waals surface area contributed by atoms with Gasteiger partial charge in [0.1, 0.15) is 17.4 Å². The van der Waals surface area contributed by atoms with E-state index >= 15 is 0 Å². The third-order valence-corrected chi connectivity index (χ3v) is 3.64. The van der Waals surface area contributed by atoms with Crippen molar-refractivity contribution in [1.82, 2.24) is 0 Å². The summed E-state index contributed by atoms with van der Waals surface area (Å²) in [5, 5.41) is 12.2. The molecule has 1 rings (SSSR count). The first kappa shape index (κ1) is 16.7. The lowest BCUT2D eigenvalue weighted by atomic mass is 9.82. The summed E-state index contributed by atoms with van der Waals surface area (Å²) < 4.78 is 36.7. The summed E-state index contributed by atoms with van der Waals surface area (Å²) in [6.45, 7) is 9.60. The zero-order chi connectivity index (χ0) is 15.8. The summed E-state index contributed by atoms with van der Waals surface area (Å²) in [5.74, 6) is 0. The molecular weight excluding hydrogens is 282 g/mol. The molecule has 0 saturated heterocycles. The highest BCUT2D eigenvalue weighted by atomic mass is 32.2. The van der Waals surface area contributed by atoms with E-state index in [1.54, 1.807) is 13.8 Å². The largest absolute Gasteiger partial charge is 0.623 e. The molecule has 0 saturated carbocycles. The second kappa shape index (κ2) is 5.21. The van der Waals surface area contributed by atoms with E-state index in [2.05, 4.69) is 0 Å². The van der Waals surface area contributed by atoms with Crippen LogP contribution in [0.2, 0.25) is 0 Å². The molecular formula is C13H21NO5S. The van der Waals surface area contributed by atoms with Crippen LogP contribution in [0.25, 0.3) is 0 Å². The monoisotopic (exact) mass is 303 g/mol. The fourth-order valence-electron chi connectivity index (χ4n) is 2.28. The molecule has 0 unspecified atom stereocenters. The van der Waals surface area contributed by atoms with Crippen LogP contribution in [-0.2, 0) is 10.1 Å². The Morgan fingerprint density at radius 3 is 2.30 bits per heavy atom. The van der Waals surface area contributed by atoms with Gasteiger partial charge < -0.3 is 9.62 Å². The first-order valence-electron chi connectivity index (χ1n) is 6.18. The van der Waals surface area contributed by atoms with Crippen LogP contribution in [0.3, 0.4) is 0 Å². The molecule has 6 nitrogen and oxygen atoms in total. The highest BCUT2D eigenvalue weighted by Crippen LogP contribution is 2.29. The van der Waals surface area contributed by atoms with Crippen LogP contribution in [0.5, 0.6) is 0 Å². The lowest BCUT2D eigenvalue weighted by Crippen LogP contribution is -2.37. The number of furan rings is 1. The van der Waals surface area contributed by atoms with Crippen molar-refractivity contribution in [3.8, 4) is 0 Å². The van der Waals surface area contributed by atoms with Crippen LogP contribution < -0.4 is 0 Å². The summed E-state index contributed by atoms with van der Waals surface area (Å²) in [6.07, 6.45) is 3.74. The van der Waals surface area contributed by atoms with Gasteiger partial charge in [0.25, 0.3) is 10.1 Å². The standard InChI is InChI=1S/C13H21NO5S/c1-12(2,3)9-13(4,5)14(15)6-10-7-19-8-11(10)20(16,17)18/h6-8H,9H2,1-5H3,(H,16,17,18). The Morgan fingerprint density at radius 2 is 1.85 bits per heavy atom. The van der Waals surface area contributed by atoms with Gasteiger partial charge in [-0.25, -0.2) is 4.74 Å². The molecule has 1 aromatic rings. The zero-order valence-electron chi connectivity index (χ0n) is 12.4. The predicted octanol–water partition coefficient (Wildman–Crippen LogP) is 2.67. The number of hydrogen-bond donors (Lipinski definition) is 1. The first-order valence-corrected chi connectivity index (χ1v) is 7.62. The Bertz CT molecular complexity index is 605. The molecule has 20 heavy (non-hydrogen) atoms. The Morgan fingerprint density at radius 1 is 1.30 bits per heavy atom. The van der Waals surface area contributed by atoms with Gasteiger partial charge in [-0.15, -0.1) is 0 Å². The molecule has 114 valence electrons. The van der Waals surface area contributed by atoms with Crippen LogP contribution in [0.4, 0.5) is 0 Å². The van der Waals surface area contributed by atoms with Crippen molar-refractivity contribution in [3.05, 3.63) is 23.3 Å². The number of hydrogen-bond acceptors (Lipinski definition) is 4. The van der Waals surface area contributed by atoms with E-state index in [-0.39, 0.29) is 11.0 Å². The van der Waals surface area contributed by atoms with Gasteiger partial charge in [-0.05, 0) is 5.41 Å². The third kappa shape index (κ3) is 4.35. The lowest BCUT2D eigenvalue weighted by molar-refractivity contribution is -0.540. The van der Waals surface area contributed by atoms with Crippen LogP contribution in [0, 0.1) is 10.6 Å². The van der Waals surface area contributed by atoms with Gasteiger partial charge in [0, 0.05) is 20.3 Å². The van der Waals surface area contributed by atoms with Crippen molar-refractivity contribution < 1.29 is 22.1 Å². The molecule has 1 N–H and O–H groups in total. The number of hydroxylamine groups is 1. The lowest BCUT2D eigenvalue weighted by Gasteiger charge is -2.30. The maximum atomic E-state index is 12.2. The fraction of sp³-hybridized carbons (Fsp3) is 0.615. The van der Waals surface area contributed by atoms with Crippen LogP contribution in [0.1, 0.15) is 46.6 Å². The summed E-state index contributed by atoms with van der Waals surface area (Å²) in [6, 6.07) is 0. The van der Waals surface area contributed by atoms with Crippen molar-refractivity contribution in [2.75, 3.05) is 0 Å². The molecule has 0 amide bonds. The average Bonchev–Trinajstić information content (AvgIpc) is 2.60. The SMILES string of the molecule is CC(C)(C)CC(C)(C)[N+]([O-])=Cc1cocc1S(=O)(=O)O. The highest BCUT2D eigenvalue weighted by Gasteiger charge is 2.33. The molecule has 1 heterocycles. The van der Waals surface area contributed by atoms with Crippen molar-refractivity contribution in [2.45, 2.75) is 51.5 Å². The van der Waals surface area contributed by atoms with E-state index in [4.69, 9.17) is 8.97 Å². The third-order valence-electron chi connectivity index (χ3n) is 2.75. The number of rotatable bonds is 4. The van der Waals surface area contributed by atoms with E-state index in [0.29, 0.717) is 11.2 Å². The van der Waals surface area contributed by atoms with E-state index in [1.165, 1.54) is 0 Å². The second-order valence-electron chi connectivity index (χ2n) is 6.67. The Labute approximate surface area is 119 Å². The van der Waals surface area contributed by atoms with Crippen molar-refractivity contribution >= 4 is 16.3 Å². The zero-order valence-corrected chi connectivity index (χ0v) is 13.2. The smallest absolute Gasteiger partial charge is 0.298 e. The molecule has 7 heteroatoms. The molecule has 0 bridgehead atoms. The van der Waals surface area contributed by atoms with Gasteiger partial charge in [0.15, 0.2) is 11.8 Å². The maximum absolute atomic E-state index is 12.2. The Hall–Kier alpha value is -1.34. The van der Waals surface area contributed by atoms with Crippen LogP contribution >= 0.6 is 0 Å². The summed E-state index contributed by atoms with van der Waals surface area (Å²) in [4.78, 5) is -0.412. The molecule has 0 aliphatic rings. The minimum absolute atomic E-state index is 0.0319. The van der Waals surface area contributed by atoms with E-state index in [0.717, 1.165) is 18.7 Å². The number of nitrogens with zero attached hydrogens (tertiary/aromatic N) is 1. The van der Waals surface area contributed by atoms with Crippen molar-refractivity contribution in [3.63, 3.8) is 0 Å². The summed E-state index contributed by atoms with van der Waals surface area (Å²) >= 11 is 0. The van der Waals surface area contributed by atoms with Crippen LogP contribution in [0.15, 0.2) is 21.8 Å². The second-order valence-corrected chi connectivity index (χ2v) is 8.06. The molecule has 0 aliphatic carbocycles. The summed E-state index contributed by atoms with van der Waals surface area (Å²) in [5.41, 5.74) is -0.738. The topological polar surface area (TPSA) is 93.6 Å². The molecule has 0 spiro atoms. The molecule has 0 aliphatic heterocycles. The van der Waals surface area contributed by atoms with Gasteiger partial charge in [0.2, 0.25) is 0 Å². The Balaban J connectivity index is 3.15. The molecule has 0 fully saturated rings. The fourth-order valence-corrected chi connectivity index (χ4v) is 2.85. The minimum Gasteiger partial charge on any atom is -0.623 e. The molecule has 0 radical (unpaired) electrons. The van der Waals surface area contributed by atoms with Gasteiger partial charge in [-0.2, -0.15) is 8.42 Å². The maximum Gasteiger partial charge on any atom is 0.298 e. The molecule has 1 aromatic heterocycles. The van der Waals surface area contributed by atoms with E-state index in [1.807, 2.05) is 20.8 Å². The van der Waals surface area contributed by atoms with Gasteiger partial charge in [-0.1, -0.05) is 20.8 Å². The van der Waals surface area contributed by atoms with Gasteiger partial charge in [-0.3, -0.25) is 4.55 Å². The van der Waals surface area contributed by atoms with E-state index < -0.39 is 20.6 Å². The van der Waals surface area contributed by atoms with Gasteiger partial charge in [0.05, 0.1) is 5.56 Å².